The number of carbonyl (C=O) groups excluding carboxylic acids is 2. The Morgan fingerprint density at radius 3 is 2.45 bits per heavy atom. The van der Waals surface area contributed by atoms with Crippen LogP contribution in [0.3, 0.4) is 0 Å². The zero-order chi connectivity index (χ0) is 15.3. The highest BCUT2D eigenvalue weighted by Gasteiger charge is 2.15. The molecule has 0 aromatic heterocycles. The second kappa shape index (κ2) is 6.74. The quantitative estimate of drug-likeness (QED) is 0.880. The van der Waals surface area contributed by atoms with Crippen LogP contribution in [0.25, 0.3) is 0 Å². The smallest absolute Gasteiger partial charge is 0.251 e. The van der Waals surface area contributed by atoms with Crippen molar-refractivity contribution >= 4 is 27.7 Å². The predicted molar refractivity (Wildman–Crippen MR) is 80.9 cm³/mol. The van der Waals surface area contributed by atoms with Crippen molar-refractivity contribution in [3.05, 3.63) is 28.2 Å². The molecular weight excluding hydrogens is 324 g/mol. The Hall–Kier alpha value is -1.56. The van der Waals surface area contributed by atoms with Crippen LogP contribution in [0.4, 0.5) is 0 Å². The maximum atomic E-state index is 11.9. The highest BCUT2D eigenvalue weighted by atomic mass is 79.9. The van der Waals surface area contributed by atoms with Gasteiger partial charge in [-0.05, 0) is 54.9 Å². The largest absolute Gasteiger partial charge is 0.496 e. The van der Waals surface area contributed by atoms with E-state index in [-0.39, 0.29) is 23.9 Å². The van der Waals surface area contributed by atoms with Crippen LogP contribution >= 0.6 is 15.9 Å². The molecule has 0 aliphatic carbocycles. The molecule has 0 heterocycles. The number of carbonyl (C=O) groups is 2. The topological polar surface area (TPSA) is 67.4 Å². The Morgan fingerprint density at radius 1 is 1.30 bits per heavy atom. The van der Waals surface area contributed by atoms with E-state index in [1.54, 1.807) is 25.3 Å². The number of hydrogen-bond donors (Lipinski definition) is 2. The molecule has 2 N–H and O–H groups in total. The maximum absolute atomic E-state index is 11.9. The van der Waals surface area contributed by atoms with E-state index in [9.17, 15) is 9.59 Å². The zero-order valence-electron chi connectivity index (χ0n) is 12.0. The second-order valence-electron chi connectivity index (χ2n) is 5.33. The minimum atomic E-state index is -0.315. The van der Waals surface area contributed by atoms with Gasteiger partial charge in [-0.1, -0.05) is 0 Å². The fraction of sp³-hybridized carbons (Fsp3) is 0.429. The van der Waals surface area contributed by atoms with Crippen LogP contribution in [0.15, 0.2) is 22.7 Å². The summed E-state index contributed by atoms with van der Waals surface area (Å²) in [4.78, 5) is 23.5. The number of nitrogens with one attached hydrogen (secondary N) is 2. The molecule has 0 unspecified atom stereocenters. The van der Waals surface area contributed by atoms with Crippen LogP contribution in [0, 0.1) is 0 Å². The lowest BCUT2D eigenvalue weighted by Crippen LogP contribution is -2.45. The second-order valence-corrected chi connectivity index (χ2v) is 6.18. The van der Waals surface area contributed by atoms with Gasteiger partial charge >= 0.3 is 0 Å². The Kier molecular flexibility index (Phi) is 5.56. The highest BCUT2D eigenvalue weighted by molar-refractivity contribution is 9.10. The van der Waals surface area contributed by atoms with Crippen LogP contribution in [-0.4, -0.2) is 31.0 Å². The molecule has 1 rings (SSSR count). The van der Waals surface area contributed by atoms with Gasteiger partial charge in [0.1, 0.15) is 5.75 Å². The summed E-state index contributed by atoms with van der Waals surface area (Å²) in [6.45, 7) is 5.59. The van der Waals surface area contributed by atoms with Crippen LogP contribution in [-0.2, 0) is 4.79 Å². The average Bonchev–Trinajstić information content (AvgIpc) is 2.33. The summed E-state index contributed by atoms with van der Waals surface area (Å²) in [6, 6.07) is 4.98. The molecule has 110 valence electrons. The average molecular weight is 343 g/mol. The van der Waals surface area contributed by atoms with Crippen molar-refractivity contribution in [2.24, 2.45) is 0 Å². The van der Waals surface area contributed by atoms with E-state index >= 15 is 0 Å². The van der Waals surface area contributed by atoms with Crippen LogP contribution < -0.4 is 15.4 Å². The van der Waals surface area contributed by atoms with E-state index in [1.807, 2.05) is 20.8 Å². The summed E-state index contributed by atoms with van der Waals surface area (Å²) >= 11 is 3.31. The zero-order valence-corrected chi connectivity index (χ0v) is 13.6. The highest BCUT2D eigenvalue weighted by Crippen LogP contribution is 2.25. The van der Waals surface area contributed by atoms with Gasteiger partial charge in [0.25, 0.3) is 5.91 Å². The molecule has 0 aliphatic heterocycles. The van der Waals surface area contributed by atoms with Gasteiger partial charge < -0.3 is 15.4 Å². The molecule has 0 aliphatic rings. The molecule has 0 radical (unpaired) electrons. The third kappa shape index (κ3) is 5.21. The minimum Gasteiger partial charge on any atom is -0.496 e. The number of amides is 2. The summed E-state index contributed by atoms with van der Waals surface area (Å²) in [6.07, 6.45) is 0. The Morgan fingerprint density at radius 2 is 1.95 bits per heavy atom. The van der Waals surface area contributed by atoms with E-state index in [4.69, 9.17) is 4.74 Å². The molecule has 0 saturated carbocycles. The first-order valence-electron chi connectivity index (χ1n) is 6.15. The van der Waals surface area contributed by atoms with Crippen LogP contribution in [0.5, 0.6) is 5.75 Å². The predicted octanol–water partition coefficient (Wildman–Crippen LogP) is 2.10. The number of benzene rings is 1. The van der Waals surface area contributed by atoms with E-state index in [1.165, 1.54) is 0 Å². The third-order valence-electron chi connectivity index (χ3n) is 2.34. The van der Waals surface area contributed by atoms with E-state index < -0.39 is 0 Å². The van der Waals surface area contributed by atoms with E-state index in [0.717, 1.165) is 0 Å². The Bertz CT molecular complexity index is 510. The van der Waals surface area contributed by atoms with Crippen molar-refractivity contribution in [2.45, 2.75) is 26.3 Å². The van der Waals surface area contributed by atoms with Crippen molar-refractivity contribution in [2.75, 3.05) is 13.7 Å². The lowest BCUT2D eigenvalue weighted by molar-refractivity contribution is -0.121. The third-order valence-corrected chi connectivity index (χ3v) is 2.96. The first-order valence-corrected chi connectivity index (χ1v) is 6.95. The molecular formula is C14H19BrN2O3. The normalized spacial score (nSPS) is 10.8. The van der Waals surface area contributed by atoms with Crippen molar-refractivity contribution in [3.8, 4) is 5.75 Å². The monoisotopic (exact) mass is 342 g/mol. The number of hydrogen-bond acceptors (Lipinski definition) is 3. The molecule has 1 aromatic carbocycles. The fourth-order valence-corrected chi connectivity index (χ4v) is 2.07. The van der Waals surface area contributed by atoms with Crippen LogP contribution in [0.2, 0.25) is 0 Å². The van der Waals surface area contributed by atoms with E-state index in [2.05, 4.69) is 26.6 Å². The van der Waals surface area contributed by atoms with Gasteiger partial charge in [0.15, 0.2) is 0 Å². The summed E-state index contributed by atoms with van der Waals surface area (Å²) in [7, 11) is 1.55. The molecule has 0 bridgehead atoms. The Labute approximate surface area is 127 Å². The first-order chi connectivity index (χ1) is 9.23. The van der Waals surface area contributed by atoms with Gasteiger partial charge in [0.05, 0.1) is 18.1 Å². The number of rotatable bonds is 4. The van der Waals surface area contributed by atoms with Gasteiger partial charge in [-0.3, -0.25) is 9.59 Å². The maximum Gasteiger partial charge on any atom is 0.251 e. The van der Waals surface area contributed by atoms with E-state index in [0.29, 0.717) is 15.8 Å². The van der Waals surface area contributed by atoms with Crippen molar-refractivity contribution < 1.29 is 14.3 Å². The van der Waals surface area contributed by atoms with Crippen LogP contribution in [0.1, 0.15) is 31.1 Å². The summed E-state index contributed by atoms with van der Waals surface area (Å²) in [5.74, 6) is 0.114. The summed E-state index contributed by atoms with van der Waals surface area (Å²) in [5.41, 5.74) is 0.145. The lowest BCUT2D eigenvalue weighted by Gasteiger charge is -2.20. The molecule has 0 atom stereocenters. The first kappa shape index (κ1) is 16.5. The summed E-state index contributed by atoms with van der Waals surface area (Å²) in [5, 5.41) is 5.35. The van der Waals surface area contributed by atoms with Gasteiger partial charge in [-0.15, -0.1) is 0 Å². The molecule has 0 spiro atoms. The standard InChI is InChI=1S/C14H19BrN2O3/c1-14(2,3)17-12(18)8-16-13(19)9-5-6-11(20-4)10(15)7-9/h5-7H,8H2,1-4H3,(H,16,19)(H,17,18). The van der Waals surface area contributed by atoms with Crippen molar-refractivity contribution in [1.82, 2.24) is 10.6 Å². The summed E-state index contributed by atoms with van der Waals surface area (Å²) < 4.78 is 5.78. The molecule has 5 nitrogen and oxygen atoms in total. The SMILES string of the molecule is COc1ccc(C(=O)NCC(=O)NC(C)(C)C)cc1Br. The van der Waals surface area contributed by atoms with Gasteiger partial charge in [0.2, 0.25) is 5.91 Å². The molecule has 0 fully saturated rings. The lowest BCUT2D eigenvalue weighted by atomic mass is 10.1. The van der Waals surface area contributed by atoms with Gasteiger partial charge in [0, 0.05) is 11.1 Å². The van der Waals surface area contributed by atoms with Gasteiger partial charge in [-0.25, -0.2) is 0 Å². The molecule has 20 heavy (non-hydrogen) atoms. The van der Waals surface area contributed by atoms with Crippen molar-refractivity contribution in [3.63, 3.8) is 0 Å². The molecule has 6 heteroatoms. The molecule has 1 aromatic rings. The fourth-order valence-electron chi connectivity index (χ4n) is 1.53. The Balaban J connectivity index is 2.59. The number of methoxy groups -OCH3 is 1. The molecule has 0 saturated heterocycles. The number of ether oxygens (including phenoxy) is 1. The minimum absolute atomic E-state index is 0.0558. The molecule has 2 amide bonds. The van der Waals surface area contributed by atoms with Crippen molar-refractivity contribution in [1.29, 1.82) is 0 Å². The number of halogens is 1. The van der Waals surface area contributed by atoms with Gasteiger partial charge in [-0.2, -0.15) is 0 Å².